The van der Waals surface area contributed by atoms with Crippen LogP contribution in [0, 0.1) is 0 Å². The molecule has 1 N–H and O–H groups in total. The number of likely N-dealkylation sites (tertiary alicyclic amines) is 1. The minimum Gasteiger partial charge on any atom is -0.388 e. The fraction of sp³-hybridized carbons (Fsp3) is 0.706. The van der Waals surface area contributed by atoms with Gasteiger partial charge in [0.25, 0.3) is 0 Å². The quantitative estimate of drug-likeness (QED) is 0.442. The summed E-state index contributed by atoms with van der Waals surface area (Å²) in [4.78, 5) is 15.3. The zero-order valence-electron chi connectivity index (χ0n) is 26.8. The Morgan fingerprint density at radius 3 is 2.67 bits per heavy atom. The van der Waals surface area contributed by atoms with Crippen LogP contribution >= 0.6 is 0 Å². The van der Waals surface area contributed by atoms with E-state index in [0.717, 1.165) is 110 Å². The second-order valence-electron chi connectivity index (χ2n) is 14.9. The van der Waals surface area contributed by atoms with Crippen molar-refractivity contribution in [1.29, 1.82) is 0 Å². The molecule has 45 heavy (non-hydrogen) atoms. The number of hydrogen-bond acceptors (Lipinski definition) is 10. The van der Waals surface area contributed by atoms with E-state index in [2.05, 4.69) is 40.6 Å². The molecular weight excluding hydrogens is 570 g/mol. The van der Waals surface area contributed by atoms with Crippen LogP contribution in [-0.2, 0) is 21.3 Å². The highest BCUT2D eigenvalue weighted by atomic mass is 16.7. The molecule has 4 fully saturated rings. The summed E-state index contributed by atoms with van der Waals surface area (Å²) in [7, 11) is 2.21. The zero-order valence-corrected chi connectivity index (χ0v) is 26.8. The van der Waals surface area contributed by atoms with Crippen molar-refractivity contribution in [2.45, 2.75) is 119 Å². The lowest BCUT2D eigenvalue weighted by Crippen LogP contribution is -2.56. The number of likely N-dealkylation sites (N-methyl/N-ethyl adjacent to an activating group) is 1. The molecule has 2 spiro atoms. The van der Waals surface area contributed by atoms with Crippen molar-refractivity contribution in [3.8, 4) is 11.5 Å². The van der Waals surface area contributed by atoms with E-state index in [1.807, 2.05) is 6.92 Å². The van der Waals surface area contributed by atoms with Crippen LogP contribution < -0.4 is 4.90 Å². The maximum absolute atomic E-state index is 11.2. The van der Waals surface area contributed by atoms with Crippen LogP contribution in [0.3, 0.4) is 0 Å². The van der Waals surface area contributed by atoms with Gasteiger partial charge in [-0.2, -0.15) is 5.10 Å². The number of piperidine rings is 1. The second kappa shape index (κ2) is 10.1. The predicted molar refractivity (Wildman–Crippen MR) is 169 cm³/mol. The van der Waals surface area contributed by atoms with Crippen LogP contribution in [0.2, 0.25) is 0 Å². The highest BCUT2D eigenvalue weighted by Gasteiger charge is 2.61. The smallest absolute Gasteiger partial charge is 0.186 e. The fourth-order valence-electron chi connectivity index (χ4n) is 9.75. The summed E-state index contributed by atoms with van der Waals surface area (Å²) in [5.74, 6) is 1.68. The molecule has 0 unspecified atom stereocenters. The Hall–Kier alpha value is -2.86. The number of fused-ring (bicyclic) bond motifs is 5. The average molecular weight is 616 g/mol. The van der Waals surface area contributed by atoms with Gasteiger partial charge in [0.05, 0.1) is 41.4 Å². The molecule has 0 amide bonds. The predicted octanol–water partition coefficient (Wildman–Crippen LogP) is 4.77. The van der Waals surface area contributed by atoms with Gasteiger partial charge in [-0.25, -0.2) is 14.6 Å². The first-order valence-electron chi connectivity index (χ1n) is 17.2. The molecule has 3 aromatic heterocycles. The first kappa shape index (κ1) is 28.4. The minimum atomic E-state index is -0.807. The van der Waals surface area contributed by atoms with E-state index in [9.17, 15) is 5.11 Å². The van der Waals surface area contributed by atoms with E-state index in [1.54, 1.807) is 0 Å². The molecule has 9 rings (SSSR count). The van der Waals surface area contributed by atoms with Gasteiger partial charge in [0.2, 0.25) is 0 Å². The van der Waals surface area contributed by atoms with Crippen LogP contribution in [0.25, 0.3) is 28.6 Å². The van der Waals surface area contributed by atoms with Crippen molar-refractivity contribution < 1.29 is 19.1 Å². The molecule has 0 bridgehead atoms. The van der Waals surface area contributed by atoms with Gasteiger partial charge in [-0.05, 0) is 91.3 Å². The SMILES string of the molecule is C[C@@H]([C@@H]1CCCN1C)n1nc2c3c(nc(-c4noc5c4CCC[C@@]54CCCCC45OCCO5)nc31)N1C[C@](C)(O)CC[C@@H]1C=C2. The molecule has 5 atom stereocenters. The van der Waals surface area contributed by atoms with Crippen LogP contribution in [-0.4, -0.2) is 91.7 Å². The van der Waals surface area contributed by atoms with E-state index in [1.165, 1.54) is 6.42 Å². The first-order valence-corrected chi connectivity index (χ1v) is 17.2. The van der Waals surface area contributed by atoms with Crippen LogP contribution in [0.15, 0.2) is 10.6 Å². The minimum absolute atomic E-state index is 0.130. The third-order valence-corrected chi connectivity index (χ3v) is 12.0. The van der Waals surface area contributed by atoms with Gasteiger partial charge in [0.15, 0.2) is 28.7 Å². The van der Waals surface area contributed by atoms with Crippen molar-refractivity contribution in [1.82, 2.24) is 29.8 Å². The van der Waals surface area contributed by atoms with Crippen molar-refractivity contribution in [2.24, 2.45) is 0 Å². The Balaban J connectivity index is 1.23. The number of aliphatic hydroxyl groups is 1. The lowest BCUT2D eigenvalue weighted by molar-refractivity contribution is -0.235. The Bertz CT molecular complexity index is 1670. The van der Waals surface area contributed by atoms with E-state index in [0.29, 0.717) is 31.6 Å². The Morgan fingerprint density at radius 1 is 1.02 bits per heavy atom. The molecule has 11 nitrogen and oxygen atoms in total. The average Bonchev–Trinajstić information content (AvgIpc) is 3.83. The van der Waals surface area contributed by atoms with Gasteiger partial charge in [-0.3, -0.25) is 0 Å². The number of aromatic nitrogens is 5. The molecule has 6 aliphatic rings. The molecule has 3 aromatic rings. The fourth-order valence-corrected chi connectivity index (χ4v) is 9.75. The molecule has 7 heterocycles. The number of ether oxygens (including phenoxy) is 2. The van der Waals surface area contributed by atoms with Crippen molar-refractivity contribution >= 4 is 22.9 Å². The standard InChI is InChI=1S/C34H45N7O4/c1-21(25-9-7-17-39(25)3)41-31-26-24(37-41)11-10-22-12-16-32(2,42)20-40(22)30(26)35-29(36-31)27-23-8-6-14-33(28(23)45-38-27)13-4-5-15-34(33)43-18-19-44-34/h10-11,21-22,25,42H,4-9,12-20H2,1-3H3/t21-,22-,25-,32+,33-/m0/s1. The Kier molecular flexibility index (Phi) is 6.35. The zero-order chi connectivity index (χ0) is 30.6. The lowest BCUT2D eigenvalue weighted by Gasteiger charge is -2.50. The molecule has 0 radical (unpaired) electrons. The second-order valence-corrected chi connectivity index (χ2v) is 14.9. The third-order valence-electron chi connectivity index (χ3n) is 12.0. The van der Waals surface area contributed by atoms with Gasteiger partial charge in [0.1, 0.15) is 5.82 Å². The number of nitrogens with zero attached hydrogens (tertiary/aromatic N) is 7. The largest absolute Gasteiger partial charge is 0.388 e. The van der Waals surface area contributed by atoms with Gasteiger partial charge < -0.3 is 28.9 Å². The topological polar surface area (TPSA) is 115 Å². The van der Waals surface area contributed by atoms with E-state index >= 15 is 0 Å². The number of anilines is 1. The van der Waals surface area contributed by atoms with Crippen LogP contribution in [0.4, 0.5) is 5.82 Å². The van der Waals surface area contributed by atoms with Gasteiger partial charge >= 0.3 is 0 Å². The van der Waals surface area contributed by atoms with Crippen LogP contribution in [0.1, 0.15) is 101 Å². The summed E-state index contributed by atoms with van der Waals surface area (Å²) >= 11 is 0. The monoisotopic (exact) mass is 615 g/mol. The molecule has 11 heteroatoms. The Morgan fingerprint density at radius 2 is 1.84 bits per heavy atom. The maximum atomic E-state index is 11.2. The first-order chi connectivity index (χ1) is 21.8. The summed E-state index contributed by atoms with van der Waals surface area (Å²) in [5.41, 5.74) is 2.39. The molecule has 3 saturated heterocycles. The summed E-state index contributed by atoms with van der Waals surface area (Å²) in [5, 5.41) is 22.2. The number of hydrogen-bond donors (Lipinski definition) is 1. The number of rotatable bonds is 3. The highest BCUT2D eigenvalue weighted by Crippen LogP contribution is 2.57. The highest BCUT2D eigenvalue weighted by molar-refractivity contribution is 5.96. The Labute approximate surface area is 263 Å². The molecule has 0 aromatic carbocycles. The summed E-state index contributed by atoms with van der Waals surface area (Å²) in [6.07, 6.45) is 15.2. The van der Waals surface area contributed by atoms with E-state index in [-0.39, 0.29) is 17.5 Å². The van der Waals surface area contributed by atoms with Crippen molar-refractivity contribution in [3.63, 3.8) is 0 Å². The van der Waals surface area contributed by atoms with Crippen molar-refractivity contribution in [2.75, 3.05) is 38.3 Å². The van der Waals surface area contributed by atoms with E-state index < -0.39 is 11.4 Å². The normalized spacial score (nSPS) is 33.2. The lowest BCUT2D eigenvalue weighted by atomic mass is 9.61. The molecule has 240 valence electrons. The van der Waals surface area contributed by atoms with E-state index in [4.69, 9.17) is 34.2 Å². The van der Waals surface area contributed by atoms with Gasteiger partial charge in [-0.1, -0.05) is 17.7 Å². The maximum Gasteiger partial charge on any atom is 0.186 e. The van der Waals surface area contributed by atoms with Crippen molar-refractivity contribution in [3.05, 3.63) is 23.1 Å². The third kappa shape index (κ3) is 4.09. The summed E-state index contributed by atoms with van der Waals surface area (Å²) in [6, 6.07) is 0.642. The molecule has 2 aliphatic carbocycles. The molecular formula is C34H45N7O4. The van der Waals surface area contributed by atoms with Crippen LogP contribution in [0.5, 0.6) is 0 Å². The summed E-state index contributed by atoms with van der Waals surface area (Å²) < 4.78 is 21.4. The van der Waals surface area contributed by atoms with Gasteiger partial charge in [0, 0.05) is 30.6 Å². The summed E-state index contributed by atoms with van der Waals surface area (Å²) in [6.45, 7) is 7.03. The molecule has 1 saturated carbocycles. The molecule has 4 aliphatic heterocycles. The van der Waals surface area contributed by atoms with Gasteiger partial charge in [-0.15, -0.1) is 0 Å².